The van der Waals surface area contributed by atoms with Gasteiger partial charge in [-0.15, -0.1) is 0 Å². The summed E-state index contributed by atoms with van der Waals surface area (Å²) in [7, 11) is 0. The van der Waals surface area contributed by atoms with Crippen LogP contribution in [0.5, 0.6) is 0 Å². The van der Waals surface area contributed by atoms with Gasteiger partial charge in [0.2, 0.25) is 6.29 Å². The van der Waals surface area contributed by atoms with E-state index in [4.69, 9.17) is 18.9 Å². The number of carboxylic acids is 1. The fourth-order valence-electron chi connectivity index (χ4n) is 3.16. The second kappa shape index (κ2) is 8.97. The van der Waals surface area contributed by atoms with E-state index in [2.05, 4.69) is 4.99 Å². The van der Waals surface area contributed by atoms with Crippen molar-refractivity contribution >= 4 is 11.9 Å². The number of carbonyl (C=O) groups is 1. The maximum atomic E-state index is 11.1. The molecule has 0 radical (unpaired) electrons. The standard InChI is InChI=1S/C14H21NO11.Na/c1-3-15-5-10(6(17)4(2-16)24-13(5)23-3)25-14-9(20)7(18)8(19)11(26-14)12(21)22;/h4-11,13-14,16-20H,2H2,1H3,(H,21,22);/q;+1/p-1/t4-,5+,6+,7+,8+,9-,10-,11+,13-,14-;/m1./s1. The van der Waals surface area contributed by atoms with Crippen molar-refractivity contribution in [1.29, 1.82) is 0 Å². The summed E-state index contributed by atoms with van der Waals surface area (Å²) in [6, 6.07) is -0.881. The Balaban J connectivity index is 0.00000261. The molecule has 0 aromatic rings. The molecule has 12 nitrogen and oxygen atoms in total. The van der Waals surface area contributed by atoms with Gasteiger partial charge in [-0.05, 0) is 0 Å². The minimum Gasteiger partial charge on any atom is -0.547 e. The SMILES string of the molecule is CC1=N[C@@H]2[C@H](O1)O[C@H](CO)[C@H](O)[C@@H]2O[C@@H]1O[C@H](C(=O)[O-])[C@@H](O)[C@H](O)[C@H]1O.[Na+]. The summed E-state index contributed by atoms with van der Waals surface area (Å²) in [5.41, 5.74) is 0. The number of aliphatic hydroxyl groups excluding tert-OH is 5. The molecule has 0 bridgehead atoms. The number of aliphatic hydroxyl groups is 5. The van der Waals surface area contributed by atoms with E-state index in [1.165, 1.54) is 6.92 Å². The van der Waals surface area contributed by atoms with E-state index in [-0.39, 0.29) is 35.5 Å². The smallest absolute Gasteiger partial charge is 0.547 e. The van der Waals surface area contributed by atoms with Crippen molar-refractivity contribution < 1.29 is 83.9 Å². The van der Waals surface area contributed by atoms with Gasteiger partial charge in [0.05, 0.1) is 12.6 Å². The number of fused-ring (bicyclic) bond motifs is 1. The van der Waals surface area contributed by atoms with Crippen molar-refractivity contribution in [3.05, 3.63) is 0 Å². The molecule has 3 heterocycles. The minimum absolute atomic E-state index is 0. The molecule has 2 fully saturated rings. The third kappa shape index (κ3) is 4.31. The third-order valence-electron chi connectivity index (χ3n) is 4.53. The van der Waals surface area contributed by atoms with Crippen molar-refractivity contribution in [2.45, 2.75) is 68.3 Å². The molecule has 3 rings (SSSR count). The Morgan fingerprint density at radius 3 is 2.41 bits per heavy atom. The average molecular weight is 401 g/mol. The van der Waals surface area contributed by atoms with Crippen LogP contribution in [-0.2, 0) is 23.7 Å². The molecular weight excluding hydrogens is 381 g/mol. The zero-order valence-electron chi connectivity index (χ0n) is 14.6. The number of hydrogen-bond acceptors (Lipinski definition) is 12. The largest absolute Gasteiger partial charge is 1.00 e. The molecule has 27 heavy (non-hydrogen) atoms. The minimum atomic E-state index is -1.95. The second-order valence-corrected chi connectivity index (χ2v) is 6.29. The Labute approximate surface area is 175 Å². The number of rotatable bonds is 4. The molecule has 3 aliphatic heterocycles. The number of aliphatic imine (C=N–C) groups is 1. The number of ether oxygens (including phenoxy) is 4. The topological polar surface area (TPSA) is 191 Å². The first-order valence-electron chi connectivity index (χ1n) is 7.96. The zero-order valence-corrected chi connectivity index (χ0v) is 16.6. The van der Waals surface area contributed by atoms with Gasteiger partial charge >= 0.3 is 29.6 Å². The van der Waals surface area contributed by atoms with Crippen LogP contribution in [0.1, 0.15) is 6.92 Å². The summed E-state index contributed by atoms with van der Waals surface area (Å²) in [5.74, 6) is -1.57. The van der Waals surface area contributed by atoms with Gasteiger partial charge in [-0.3, -0.25) is 0 Å². The van der Waals surface area contributed by atoms with Gasteiger partial charge in [0.15, 0.2) is 12.2 Å². The number of aliphatic carboxylic acids is 1. The second-order valence-electron chi connectivity index (χ2n) is 6.29. The molecule has 0 spiro atoms. The van der Waals surface area contributed by atoms with E-state index in [0.717, 1.165) is 0 Å². The predicted molar refractivity (Wildman–Crippen MR) is 76.3 cm³/mol. The van der Waals surface area contributed by atoms with E-state index in [0.29, 0.717) is 0 Å². The summed E-state index contributed by atoms with van der Waals surface area (Å²) in [4.78, 5) is 15.2. The molecule has 0 saturated carbocycles. The van der Waals surface area contributed by atoms with E-state index in [9.17, 15) is 35.4 Å². The van der Waals surface area contributed by atoms with Gasteiger partial charge in [-0.25, -0.2) is 4.99 Å². The van der Waals surface area contributed by atoms with Crippen LogP contribution in [0.25, 0.3) is 0 Å². The maximum Gasteiger partial charge on any atom is 1.00 e. The van der Waals surface area contributed by atoms with Gasteiger partial charge in [-0.2, -0.15) is 0 Å². The van der Waals surface area contributed by atoms with E-state index in [1.54, 1.807) is 0 Å². The van der Waals surface area contributed by atoms with E-state index < -0.39 is 73.9 Å². The van der Waals surface area contributed by atoms with Crippen molar-refractivity contribution in [3.63, 3.8) is 0 Å². The molecule has 5 N–H and O–H groups in total. The van der Waals surface area contributed by atoms with Crippen LogP contribution in [-0.4, -0.2) is 105 Å². The Morgan fingerprint density at radius 1 is 1.15 bits per heavy atom. The fraction of sp³-hybridized carbons (Fsp3) is 0.857. The molecule has 3 aliphatic rings. The maximum absolute atomic E-state index is 11.1. The Morgan fingerprint density at radius 2 is 1.81 bits per heavy atom. The van der Waals surface area contributed by atoms with Gasteiger partial charge < -0.3 is 54.4 Å². The monoisotopic (exact) mass is 401 g/mol. The van der Waals surface area contributed by atoms with Crippen molar-refractivity contribution in [2.24, 2.45) is 4.99 Å². The van der Waals surface area contributed by atoms with Crippen LogP contribution in [0, 0.1) is 0 Å². The van der Waals surface area contributed by atoms with E-state index >= 15 is 0 Å². The molecule has 0 unspecified atom stereocenters. The van der Waals surface area contributed by atoms with Crippen molar-refractivity contribution in [3.8, 4) is 0 Å². The molecular formula is C14H20NNaO11. The summed E-state index contributed by atoms with van der Waals surface area (Å²) in [5, 5.41) is 60.3. The van der Waals surface area contributed by atoms with Gasteiger partial charge in [0.1, 0.15) is 48.8 Å². The molecule has 148 valence electrons. The number of carboxylic acid groups (broad SMARTS) is 1. The van der Waals surface area contributed by atoms with Crippen LogP contribution in [0.3, 0.4) is 0 Å². The summed E-state index contributed by atoms with van der Waals surface area (Å²) >= 11 is 0. The molecule has 0 aromatic heterocycles. The summed E-state index contributed by atoms with van der Waals surface area (Å²) < 4.78 is 21.2. The van der Waals surface area contributed by atoms with Crippen LogP contribution in [0.15, 0.2) is 4.99 Å². The number of nitrogens with zero attached hydrogens (tertiary/aromatic N) is 1. The first-order chi connectivity index (χ1) is 12.2. The molecule has 2 saturated heterocycles. The summed E-state index contributed by atoms with van der Waals surface area (Å²) in [6.07, 6.45) is -14.0. The van der Waals surface area contributed by atoms with Crippen LogP contribution in [0.2, 0.25) is 0 Å². The molecule has 10 atom stereocenters. The quantitative estimate of drug-likeness (QED) is 0.281. The van der Waals surface area contributed by atoms with Gasteiger partial charge in [0, 0.05) is 6.92 Å². The first kappa shape index (κ1) is 22.9. The predicted octanol–water partition coefficient (Wildman–Crippen LogP) is -8.17. The van der Waals surface area contributed by atoms with Gasteiger partial charge in [0.25, 0.3) is 0 Å². The number of hydrogen-bond donors (Lipinski definition) is 5. The molecule has 0 amide bonds. The van der Waals surface area contributed by atoms with E-state index in [1.807, 2.05) is 0 Å². The average Bonchev–Trinajstić information content (AvgIpc) is 2.96. The van der Waals surface area contributed by atoms with Crippen LogP contribution in [0.4, 0.5) is 0 Å². The Bertz CT molecular complexity index is 577. The normalized spacial score (nSPS) is 46.7. The molecule has 0 aromatic carbocycles. The Kier molecular flexibility index (Phi) is 7.61. The van der Waals surface area contributed by atoms with Crippen LogP contribution >= 0.6 is 0 Å². The Hall–Kier alpha value is -0.380. The molecule has 13 heteroatoms. The summed E-state index contributed by atoms with van der Waals surface area (Å²) in [6.45, 7) is 0.973. The molecule has 0 aliphatic carbocycles. The zero-order chi connectivity index (χ0) is 19.2. The third-order valence-corrected chi connectivity index (χ3v) is 4.53. The van der Waals surface area contributed by atoms with Gasteiger partial charge in [-0.1, -0.05) is 0 Å². The number of carbonyl (C=O) groups excluding carboxylic acids is 1. The van der Waals surface area contributed by atoms with Crippen molar-refractivity contribution in [2.75, 3.05) is 6.61 Å². The van der Waals surface area contributed by atoms with Crippen LogP contribution < -0.4 is 34.7 Å². The fourth-order valence-corrected chi connectivity index (χ4v) is 3.16. The van der Waals surface area contributed by atoms with Crippen molar-refractivity contribution in [1.82, 2.24) is 0 Å². The first-order valence-corrected chi connectivity index (χ1v) is 7.96.